The first-order valence-electron chi connectivity index (χ1n) is 7.19. The molecule has 0 radical (unpaired) electrons. The molecule has 0 aromatic rings. The Morgan fingerprint density at radius 1 is 1.00 bits per heavy atom. The van der Waals surface area contributed by atoms with Crippen LogP contribution >= 0.6 is 22.6 Å². The van der Waals surface area contributed by atoms with Crippen LogP contribution in [0.2, 0.25) is 0 Å². The summed E-state index contributed by atoms with van der Waals surface area (Å²) in [5, 5.41) is 0. The van der Waals surface area contributed by atoms with E-state index in [2.05, 4.69) is 36.4 Å². The van der Waals surface area contributed by atoms with Gasteiger partial charge in [0.25, 0.3) is 0 Å². The Morgan fingerprint density at radius 3 is 1.90 bits per heavy atom. The molecule has 2 aliphatic carbocycles. The van der Waals surface area contributed by atoms with Crippen molar-refractivity contribution in [1.82, 2.24) is 3.71 Å². The third-order valence-electron chi connectivity index (χ3n) is 5.10. The van der Waals surface area contributed by atoms with Crippen molar-refractivity contribution >= 4 is 42.6 Å². The fourth-order valence-electron chi connectivity index (χ4n) is 4.16. The van der Waals surface area contributed by atoms with Gasteiger partial charge in [0.05, 0.1) is 18.6 Å². The van der Waals surface area contributed by atoms with Crippen LogP contribution in [-0.2, 0) is 20.0 Å². The predicted molar refractivity (Wildman–Crippen MR) is 92.4 cm³/mol. The molecule has 2 aliphatic rings. The second-order valence-corrected chi connectivity index (χ2v) is 13.1. The molecule has 0 amide bonds. The maximum absolute atomic E-state index is 12.1. The van der Waals surface area contributed by atoms with Gasteiger partial charge in [0.2, 0.25) is 20.0 Å². The normalized spacial score (nSPS) is 36.7. The van der Waals surface area contributed by atoms with Gasteiger partial charge in [0, 0.05) is 3.42 Å². The summed E-state index contributed by atoms with van der Waals surface area (Å²) in [7, 11) is -7.59. The van der Waals surface area contributed by atoms with Crippen molar-refractivity contribution in [2.24, 2.45) is 11.3 Å². The van der Waals surface area contributed by atoms with E-state index in [0.717, 1.165) is 41.9 Å². The molecule has 0 heterocycles. The number of sulfonamides is 2. The molecule has 0 aromatic carbocycles. The van der Waals surface area contributed by atoms with E-state index in [4.69, 9.17) is 0 Å². The van der Waals surface area contributed by atoms with Gasteiger partial charge in [-0.2, -0.15) is 0 Å². The Kier molecular flexibility index (Phi) is 4.53. The van der Waals surface area contributed by atoms with E-state index in [0.29, 0.717) is 12.3 Å². The van der Waals surface area contributed by atoms with Crippen molar-refractivity contribution in [3.05, 3.63) is 0 Å². The Balaban J connectivity index is 2.52. The average Bonchev–Trinajstić information content (AvgIpc) is 2.24. The third kappa shape index (κ3) is 3.14. The maximum atomic E-state index is 12.1. The zero-order valence-corrected chi connectivity index (χ0v) is 16.8. The van der Waals surface area contributed by atoms with Gasteiger partial charge < -0.3 is 0 Å². The molecule has 2 rings (SSSR count). The number of alkyl halides is 1. The van der Waals surface area contributed by atoms with Crippen LogP contribution in [0.3, 0.4) is 0 Å². The molecular weight excluding hydrogens is 425 g/mol. The van der Waals surface area contributed by atoms with Crippen LogP contribution in [0.4, 0.5) is 0 Å². The summed E-state index contributed by atoms with van der Waals surface area (Å²) in [5.74, 6) is 0.365. The van der Waals surface area contributed by atoms with Crippen LogP contribution in [0.15, 0.2) is 0 Å². The van der Waals surface area contributed by atoms with E-state index in [1.165, 1.54) is 0 Å². The van der Waals surface area contributed by atoms with Crippen LogP contribution in [-0.4, -0.2) is 42.5 Å². The average molecular weight is 449 g/mol. The van der Waals surface area contributed by atoms with Crippen LogP contribution in [0, 0.1) is 11.3 Å². The number of halogens is 1. The van der Waals surface area contributed by atoms with Crippen LogP contribution in [0.25, 0.3) is 0 Å². The van der Waals surface area contributed by atoms with Gasteiger partial charge in [0.15, 0.2) is 0 Å². The minimum atomic E-state index is -3.80. The largest absolute Gasteiger partial charge is 0.224 e. The lowest BCUT2D eigenvalue weighted by Gasteiger charge is -2.56. The van der Waals surface area contributed by atoms with Crippen molar-refractivity contribution in [3.63, 3.8) is 0 Å². The summed E-state index contributed by atoms with van der Waals surface area (Å²) in [4.78, 5) is 0. The summed E-state index contributed by atoms with van der Waals surface area (Å²) in [6.07, 6.45) is 6.42. The Labute approximate surface area is 142 Å². The minimum absolute atomic E-state index is 0.134. The minimum Gasteiger partial charge on any atom is -0.212 e. The van der Waals surface area contributed by atoms with Gasteiger partial charge in [-0.1, -0.05) is 46.6 Å². The monoisotopic (exact) mass is 449 g/mol. The first kappa shape index (κ1) is 17.9. The first-order chi connectivity index (χ1) is 9.30. The summed E-state index contributed by atoms with van der Waals surface area (Å²) < 4.78 is 49.0. The lowest BCUT2D eigenvalue weighted by atomic mass is 9.59. The molecule has 124 valence electrons. The molecule has 5 nitrogen and oxygen atoms in total. The highest BCUT2D eigenvalue weighted by Gasteiger charge is 2.60. The molecule has 0 aliphatic heterocycles. The fourth-order valence-corrected chi connectivity index (χ4v) is 10.1. The topological polar surface area (TPSA) is 71.5 Å². The molecule has 0 aromatic heterocycles. The summed E-state index contributed by atoms with van der Waals surface area (Å²) in [6.45, 7) is 4.44. The maximum Gasteiger partial charge on any atom is 0.224 e. The van der Waals surface area contributed by atoms with E-state index in [-0.39, 0.29) is 8.84 Å². The van der Waals surface area contributed by atoms with Crippen molar-refractivity contribution < 1.29 is 16.8 Å². The Bertz CT molecular complexity index is 597. The van der Waals surface area contributed by atoms with Gasteiger partial charge in [0.1, 0.15) is 0 Å². The zero-order chi connectivity index (χ0) is 16.3. The number of rotatable bonds is 3. The SMILES string of the molecule is CC1(C)CCCC(N(S(C)(=O)=O)S(C)(=O)=O)[C@]2(I)CCC12. The molecule has 0 bridgehead atoms. The molecule has 3 atom stereocenters. The molecule has 8 heteroatoms. The second kappa shape index (κ2) is 5.31. The standard InChI is InChI=1S/C13H24INO4S2/c1-12(2)8-5-6-11(13(14)9-7-10(12)13)15(20(3,16)17)21(4,18)19/h10-11H,5-9H2,1-4H3/t10?,11?,13-/m0/s1. The van der Waals surface area contributed by atoms with Crippen molar-refractivity contribution in [1.29, 1.82) is 0 Å². The van der Waals surface area contributed by atoms with Gasteiger partial charge in [-0.15, -0.1) is 0 Å². The molecule has 2 fully saturated rings. The lowest BCUT2D eigenvalue weighted by molar-refractivity contribution is 0.0633. The molecule has 2 unspecified atom stereocenters. The first-order valence-corrected chi connectivity index (χ1v) is 12.0. The van der Waals surface area contributed by atoms with Crippen molar-refractivity contribution in [3.8, 4) is 0 Å². The third-order valence-corrected chi connectivity index (χ3v) is 10.6. The van der Waals surface area contributed by atoms with Gasteiger partial charge >= 0.3 is 0 Å². The number of hydrogen-bond acceptors (Lipinski definition) is 4. The van der Waals surface area contributed by atoms with E-state index < -0.39 is 26.1 Å². The smallest absolute Gasteiger partial charge is 0.212 e. The van der Waals surface area contributed by atoms with Gasteiger partial charge in [-0.3, -0.25) is 0 Å². The van der Waals surface area contributed by atoms with E-state index >= 15 is 0 Å². The summed E-state index contributed by atoms with van der Waals surface area (Å²) >= 11 is 2.34. The van der Waals surface area contributed by atoms with Gasteiger partial charge in [-0.05, 0) is 37.0 Å². The molecule has 2 saturated carbocycles. The zero-order valence-electron chi connectivity index (χ0n) is 13.0. The van der Waals surface area contributed by atoms with Crippen LogP contribution in [0.5, 0.6) is 0 Å². The molecular formula is C13H24INO4S2. The number of nitrogens with zero attached hydrogens (tertiary/aromatic N) is 1. The van der Waals surface area contributed by atoms with E-state index in [9.17, 15) is 16.8 Å². The van der Waals surface area contributed by atoms with Gasteiger partial charge in [-0.25, -0.2) is 16.8 Å². The van der Waals surface area contributed by atoms with Crippen molar-refractivity contribution in [2.45, 2.75) is 55.4 Å². The number of hydrogen-bond donors (Lipinski definition) is 0. The highest BCUT2D eigenvalue weighted by Crippen LogP contribution is 2.61. The predicted octanol–water partition coefficient (Wildman–Crippen LogP) is 2.37. The molecule has 0 N–H and O–H groups in total. The molecule has 0 spiro atoms. The highest BCUT2D eigenvalue weighted by molar-refractivity contribution is 14.1. The Morgan fingerprint density at radius 2 is 1.52 bits per heavy atom. The summed E-state index contributed by atoms with van der Waals surface area (Å²) in [5.41, 5.74) is 0.134. The van der Waals surface area contributed by atoms with Crippen molar-refractivity contribution in [2.75, 3.05) is 12.5 Å². The second-order valence-electron chi connectivity index (χ2n) is 7.17. The quantitative estimate of drug-likeness (QED) is 0.490. The summed E-state index contributed by atoms with van der Waals surface area (Å²) in [6, 6.07) is -0.455. The van der Waals surface area contributed by atoms with Crippen LogP contribution in [0.1, 0.15) is 46.0 Å². The van der Waals surface area contributed by atoms with E-state index in [1.807, 2.05) is 0 Å². The fraction of sp³-hybridized carbons (Fsp3) is 1.00. The molecule has 21 heavy (non-hydrogen) atoms. The van der Waals surface area contributed by atoms with E-state index in [1.54, 1.807) is 0 Å². The lowest BCUT2D eigenvalue weighted by Crippen LogP contribution is -2.61. The van der Waals surface area contributed by atoms with Crippen LogP contribution < -0.4 is 0 Å². The number of fused-ring (bicyclic) bond motifs is 1. The highest BCUT2D eigenvalue weighted by atomic mass is 127. The molecule has 0 saturated heterocycles. The Hall–Kier alpha value is 0.590.